The summed E-state index contributed by atoms with van der Waals surface area (Å²) < 4.78 is 5.90. The Kier molecular flexibility index (Phi) is 5.84. The number of nitrogens with one attached hydrogen (secondary N) is 1. The molecule has 1 fully saturated rings. The molecular weight excluding hydrogens is 358 g/mol. The predicted molar refractivity (Wildman–Crippen MR) is 111 cm³/mol. The fourth-order valence-corrected chi connectivity index (χ4v) is 4.39. The van der Waals surface area contributed by atoms with E-state index < -0.39 is 0 Å². The fourth-order valence-electron chi connectivity index (χ4n) is 4.14. The monoisotopic (exact) mass is 385 g/mol. The normalized spacial score (nSPS) is 17.5. The van der Waals surface area contributed by atoms with Gasteiger partial charge in [0, 0.05) is 48.9 Å². The third-order valence-corrected chi connectivity index (χ3v) is 5.82. The standard InChI is InChI=1S/C22H28ClN3O/c1-2-20(19-14-18(23)13-17-7-11-27-22(17)19)25-15-16-6-8-24-21(12-16)26-9-4-3-5-10-26/h6,8,12-14,20,25H,2-5,7,9-11,15H2,1H3. The maximum atomic E-state index is 6.36. The van der Waals surface area contributed by atoms with Crippen molar-refractivity contribution in [1.29, 1.82) is 0 Å². The van der Waals surface area contributed by atoms with Crippen LogP contribution in [0.5, 0.6) is 5.75 Å². The number of rotatable bonds is 6. The van der Waals surface area contributed by atoms with Gasteiger partial charge in [-0.25, -0.2) is 4.98 Å². The summed E-state index contributed by atoms with van der Waals surface area (Å²) in [6.45, 7) is 6.00. The Morgan fingerprint density at radius 3 is 2.89 bits per heavy atom. The minimum atomic E-state index is 0.224. The van der Waals surface area contributed by atoms with Gasteiger partial charge < -0.3 is 15.0 Å². The predicted octanol–water partition coefficient (Wildman–Crippen LogP) is 4.90. The molecule has 0 amide bonds. The average Bonchev–Trinajstić information content (AvgIpc) is 3.17. The van der Waals surface area contributed by atoms with Crippen LogP contribution in [0.3, 0.4) is 0 Å². The highest BCUT2D eigenvalue weighted by Crippen LogP contribution is 2.37. The van der Waals surface area contributed by atoms with Gasteiger partial charge in [-0.2, -0.15) is 0 Å². The van der Waals surface area contributed by atoms with E-state index in [2.05, 4.69) is 40.3 Å². The third-order valence-electron chi connectivity index (χ3n) is 5.60. The number of aromatic nitrogens is 1. The van der Waals surface area contributed by atoms with Crippen LogP contribution in [-0.2, 0) is 13.0 Å². The first-order chi connectivity index (χ1) is 13.2. The largest absolute Gasteiger partial charge is 0.493 e. The van der Waals surface area contributed by atoms with E-state index in [-0.39, 0.29) is 6.04 Å². The molecule has 1 aromatic heterocycles. The number of ether oxygens (including phenoxy) is 1. The van der Waals surface area contributed by atoms with Crippen LogP contribution < -0.4 is 15.0 Å². The zero-order chi connectivity index (χ0) is 18.6. The Morgan fingerprint density at radius 2 is 2.07 bits per heavy atom. The number of nitrogens with zero attached hydrogens (tertiary/aromatic N) is 2. The van der Waals surface area contributed by atoms with Gasteiger partial charge in [-0.15, -0.1) is 0 Å². The van der Waals surface area contributed by atoms with E-state index in [4.69, 9.17) is 16.3 Å². The minimum Gasteiger partial charge on any atom is -0.493 e. The number of piperidine rings is 1. The summed E-state index contributed by atoms with van der Waals surface area (Å²) in [6, 6.07) is 8.64. The number of fused-ring (bicyclic) bond motifs is 1. The molecule has 1 unspecified atom stereocenters. The smallest absolute Gasteiger partial charge is 0.128 e. The topological polar surface area (TPSA) is 37.4 Å². The first-order valence-electron chi connectivity index (χ1n) is 10.1. The molecule has 144 valence electrons. The third kappa shape index (κ3) is 4.22. The van der Waals surface area contributed by atoms with Crippen LogP contribution in [0.2, 0.25) is 5.02 Å². The van der Waals surface area contributed by atoms with Crippen LogP contribution in [0, 0.1) is 0 Å². The van der Waals surface area contributed by atoms with Gasteiger partial charge in [0.1, 0.15) is 11.6 Å². The lowest BCUT2D eigenvalue weighted by Gasteiger charge is -2.28. The van der Waals surface area contributed by atoms with E-state index in [1.807, 2.05) is 12.3 Å². The van der Waals surface area contributed by atoms with Crippen molar-refractivity contribution in [2.24, 2.45) is 0 Å². The molecule has 1 atom stereocenters. The summed E-state index contributed by atoms with van der Waals surface area (Å²) in [7, 11) is 0. The highest BCUT2D eigenvalue weighted by molar-refractivity contribution is 6.30. The second kappa shape index (κ2) is 8.49. The van der Waals surface area contributed by atoms with E-state index >= 15 is 0 Å². The van der Waals surface area contributed by atoms with Crippen molar-refractivity contribution in [2.45, 2.75) is 51.6 Å². The van der Waals surface area contributed by atoms with Gasteiger partial charge in [0.05, 0.1) is 6.61 Å². The Labute approximate surface area is 166 Å². The molecule has 5 heteroatoms. The molecule has 0 spiro atoms. The molecule has 4 rings (SSSR count). The highest BCUT2D eigenvalue weighted by atomic mass is 35.5. The Morgan fingerprint density at radius 1 is 1.22 bits per heavy atom. The van der Waals surface area contributed by atoms with Crippen molar-refractivity contribution in [3.63, 3.8) is 0 Å². The molecule has 3 heterocycles. The lowest BCUT2D eigenvalue weighted by Crippen LogP contribution is -2.30. The van der Waals surface area contributed by atoms with Crippen molar-refractivity contribution in [2.75, 3.05) is 24.6 Å². The zero-order valence-corrected chi connectivity index (χ0v) is 16.8. The van der Waals surface area contributed by atoms with Gasteiger partial charge in [-0.1, -0.05) is 18.5 Å². The van der Waals surface area contributed by atoms with Crippen molar-refractivity contribution in [1.82, 2.24) is 10.3 Å². The molecular formula is C22H28ClN3O. The van der Waals surface area contributed by atoms with Crippen molar-refractivity contribution in [3.05, 3.63) is 52.2 Å². The zero-order valence-electron chi connectivity index (χ0n) is 16.0. The van der Waals surface area contributed by atoms with E-state index in [0.29, 0.717) is 0 Å². The van der Waals surface area contributed by atoms with Gasteiger partial charge in [-0.3, -0.25) is 0 Å². The Bertz CT molecular complexity index is 789. The summed E-state index contributed by atoms with van der Waals surface area (Å²) in [4.78, 5) is 6.99. The second-order valence-corrected chi connectivity index (χ2v) is 7.93. The number of benzene rings is 1. The summed E-state index contributed by atoms with van der Waals surface area (Å²) in [6.07, 6.45) is 7.73. The van der Waals surface area contributed by atoms with Gasteiger partial charge in [0.25, 0.3) is 0 Å². The van der Waals surface area contributed by atoms with Gasteiger partial charge in [-0.05, 0) is 61.1 Å². The number of hydrogen-bond acceptors (Lipinski definition) is 4. The maximum absolute atomic E-state index is 6.36. The van der Waals surface area contributed by atoms with Crippen LogP contribution in [-0.4, -0.2) is 24.7 Å². The molecule has 2 aliphatic heterocycles. The van der Waals surface area contributed by atoms with E-state index in [0.717, 1.165) is 55.7 Å². The maximum Gasteiger partial charge on any atom is 0.128 e. The fraction of sp³-hybridized carbons (Fsp3) is 0.500. The Balaban J connectivity index is 1.48. The highest BCUT2D eigenvalue weighted by Gasteiger charge is 2.22. The second-order valence-electron chi connectivity index (χ2n) is 7.49. The van der Waals surface area contributed by atoms with Crippen LogP contribution in [0.4, 0.5) is 5.82 Å². The van der Waals surface area contributed by atoms with Crippen molar-refractivity contribution < 1.29 is 4.74 Å². The number of halogens is 1. The van der Waals surface area contributed by atoms with Gasteiger partial charge >= 0.3 is 0 Å². The van der Waals surface area contributed by atoms with Crippen LogP contribution in [0.25, 0.3) is 0 Å². The molecule has 27 heavy (non-hydrogen) atoms. The molecule has 1 saturated heterocycles. The SMILES string of the molecule is CCC(NCc1ccnc(N2CCCCC2)c1)c1cc(Cl)cc2c1OCC2. The van der Waals surface area contributed by atoms with E-state index in [9.17, 15) is 0 Å². The van der Waals surface area contributed by atoms with Gasteiger partial charge in [0.2, 0.25) is 0 Å². The molecule has 1 N–H and O–H groups in total. The molecule has 2 aromatic rings. The summed E-state index contributed by atoms with van der Waals surface area (Å²) >= 11 is 6.36. The quantitative estimate of drug-likeness (QED) is 0.767. The van der Waals surface area contributed by atoms with Crippen LogP contribution >= 0.6 is 11.6 Å². The number of hydrogen-bond donors (Lipinski definition) is 1. The van der Waals surface area contributed by atoms with Crippen LogP contribution in [0.1, 0.15) is 55.3 Å². The summed E-state index contributed by atoms with van der Waals surface area (Å²) in [5, 5.41) is 4.50. The van der Waals surface area contributed by atoms with Crippen molar-refractivity contribution in [3.8, 4) is 5.75 Å². The van der Waals surface area contributed by atoms with Crippen LogP contribution in [0.15, 0.2) is 30.5 Å². The molecule has 0 aliphatic carbocycles. The first kappa shape index (κ1) is 18.6. The lowest BCUT2D eigenvalue weighted by molar-refractivity contribution is 0.347. The first-order valence-corrected chi connectivity index (χ1v) is 10.5. The molecule has 0 saturated carbocycles. The van der Waals surface area contributed by atoms with E-state index in [1.165, 1.54) is 36.0 Å². The minimum absolute atomic E-state index is 0.224. The number of anilines is 1. The summed E-state index contributed by atoms with van der Waals surface area (Å²) in [5.74, 6) is 2.14. The summed E-state index contributed by atoms with van der Waals surface area (Å²) in [5.41, 5.74) is 3.68. The molecule has 2 aliphatic rings. The number of pyridine rings is 1. The van der Waals surface area contributed by atoms with E-state index in [1.54, 1.807) is 0 Å². The van der Waals surface area contributed by atoms with Gasteiger partial charge in [0.15, 0.2) is 0 Å². The molecule has 0 bridgehead atoms. The molecule has 0 radical (unpaired) electrons. The average molecular weight is 386 g/mol. The molecule has 4 nitrogen and oxygen atoms in total. The molecule has 1 aromatic carbocycles. The lowest BCUT2D eigenvalue weighted by atomic mass is 9.99. The van der Waals surface area contributed by atoms with Crippen molar-refractivity contribution >= 4 is 17.4 Å². The Hall–Kier alpha value is -1.78.